The third-order valence-electron chi connectivity index (χ3n) is 3.52. The van der Waals surface area contributed by atoms with Gasteiger partial charge in [0.15, 0.2) is 0 Å². The van der Waals surface area contributed by atoms with Gasteiger partial charge in [0.25, 0.3) is 5.91 Å². The molecule has 4 N–H and O–H groups in total. The van der Waals surface area contributed by atoms with Crippen LogP contribution in [0.25, 0.3) is 10.9 Å². The van der Waals surface area contributed by atoms with Crippen LogP contribution < -0.4 is 11.1 Å². The summed E-state index contributed by atoms with van der Waals surface area (Å²) in [5.74, 6) is -0.158. The molecule has 0 atom stereocenters. The summed E-state index contributed by atoms with van der Waals surface area (Å²) in [5.41, 5.74) is 9.92. The number of aromatic nitrogens is 2. The van der Waals surface area contributed by atoms with E-state index in [1.807, 2.05) is 25.1 Å². The predicted octanol–water partition coefficient (Wildman–Crippen LogP) is 2.38. The fraction of sp³-hybridized carbons (Fsp3) is 0.125. The number of rotatable bonds is 3. The average Bonchev–Trinajstić information content (AvgIpc) is 2.92. The molecular weight excluding hydrogens is 264 g/mol. The number of nitrogens with two attached hydrogens (primary N) is 1. The maximum Gasteiger partial charge on any atom is 0.267 e. The third-order valence-corrected chi connectivity index (χ3v) is 3.52. The summed E-state index contributed by atoms with van der Waals surface area (Å²) in [6.07, 6.45) is 3.50. The number of aromatic amines is 1. The van der Waals surface area contributed by atoms with E-state index >= 15 is 0 Å². The fourth-order valence-electron chi connectivity index (χ4n) is 2.25. The summed E-state index contributed by atoms with van der Waals surface area (Å²) in [4.78, 5) is 19.3. The van der Waals surface area contributed by atoms with Crippen LogP contribution in [0.1, 0.15) is 21.6 Å². The first-order valence-corrected chi connectivity index (χ1v) is 6.70. The number of benzene rings is 1. The van der Waals surface area contributed by atoms with Gasteiger partial charge < -0.3 is 16.0 Å². The molecule has 5 nitrogen and oxygen atoms in total. The monoisotopic (exact) mass is 280 g/mol. The molecule has 0 aliphatic carbocycles. The first kappa shape index (κ1) is 13.2. The highest BCUT2D eigenvalue weighted by Gasteiger charge is 2.10. The Morgan fingerprint density at radius 1 is 1.38 bits per heavy atom. The molecule has 0 fully saturated rings. The van der Waals surface area contributed by atoms with Crippen LogP contribution in [0.15, 0.2) is 42.7 Å². The number of carbonyl (C=O) groups excluding carboxylic acids is 1. The number of nitrogen functional groups attached to an aromatic ring is 1. The van der Waals surface area contributed by atoms with Crippen LogP contribution in [0.5, 0.6) is 0 Å². The highest BCUT2D eigenvalue weighted by atomic mass is 16.1. The molecule has 1 amide bonds. The summed E-state index contributed by atoms with van der Waals surface area (Å²) >= 11 is 0. The van der Waals surface area contributed by atoms with Crippen molar-refractivity contribution in [2.75, 3.05) is 5.73 Å². The molecule has 1 aromatic carbocycles. The van der Waals surface area contributed by atoms with Crippen molar-refractivity contribution < 1.29 is 4.79 Å². The van der Waals surface area contributed by atoms with Crippen molar-refractivity contribution in [2.45, 2.75) is 13.5 Å². The van der Waals surface area contributed by atoms with Crippen molar-refractivity contribution in [1.29, 1.82) is 0 Å². The molecule has 3 rings (SSSR count). The molecule has 106 valence electrons. The lowest BCUT2D eigenvalue weighted by molar-refractivity contribution is 0.0946. The summed E-state index contributed by atoms with van der Waals surface area (Å²) < 4.78 is 0. The lowest BCUT2D eigenvalue weighted by Gasteiger charge is -2.06. The van der Waals surface area contributed by atoms with E-state index in [-0.39, 0.29) is 5.91 Å². The van der Waals surface area contributed by atoms with Crippen LogP contribution in [0, 0.1) is 6.92 Å². The van der Waals surface area contributed by atoms with Gasteiger partial charge in [-0.2, -0.15) is 0 Å². The zero-order valence-corrected chi connectivity index (χ0v) is 11.7. The highest BCUT2D eigenvalue weighted by molar-refractivity contribution is 6.00. The van der Waals surface area contributed by atoms with Gasteiger partial charge >= 0.3 is 0 Å². The van der Waals surface area contributed by atoms with Gasteiger partial charge in [-0.3, -0.25) is 9.78 Å². The maximum atomic E-state index is 12.2. The molecule has 0 aliphatic heterocycles. The number of amides is 1. The number of hydrogen-bond acceptors (Lipinski definition) is 3. The predicted molar refractivity (Wildman–Crippen MR) is 82.9 cm³/mol. The molecule has 2 heterocycles. The number of hydrogen-bond donors (Lipinski definition) is 3. The normalized spacial score (nSPS) is 10.7. The Labute approximate surface area is 122 Å². The largest absolute Gasteiger partial charge is 0.397 e. The van der Waals surface area contributed by atoms with Crippen LogP contribution in [0.3, 0.4) is 0 Å². The summed E-state index contributed by atoms with van der Waals surface area (Å²) in [6.45, 7) is 2.44. The summed E-state index contributed by atoms with van der Waals surface area (Å²) in [7, 11) is 0. The minimum atomic E-state index is -0.158. The van der Waals surface area contributed by atoms with Gasteiger partial charge in [-0.05, 0) is 36.2 Å². The maximum absolute atomic E-state index is 12.2. The Bertz CT molecular complexity index is 807. The van der Waals surface area contributed by atoms with Crippen LogP contribution in [-0.4, -0.2) is 15.9 Å². The average molecular weight is 280 g/mol. The molecular formula is C16H16N4O. The van der Waals surface area contributed by atoms with Gasteiger partial charge in [-0.1, -0.05) is 12.1 Å². The number of nitrogens with zero attached hydrogens (tertiary/aromatic N) is 1. The first-order chi connectivity index (χ1) is 10.1. The van der Waals surface area contributed by atoms with Crippen molar-refractivity contribution in [1.82, 2.24) is 15.3 Å². The Hall–Kier alpha value is -2.82. The first-order valence-electron chi connectivity index (χ1n) is 6.70. The molecule has 0 aliphatic rings. The van der Waals surface area contributed by atoms with Crippen LogP contribution in [-0.2, 0) is 6.54 Å². The quantitative estimate of drug-likeness (QED) is 0.644. The second-order valence-corrected chi connectivity index (χ2v) is 4.98. The van der Waals surface area contributed by atoms with Crippen LogP contribution in [0.4, 0.5) is 5.69 Å². The van der Waals surface area contributed by atoms with Crippen molar-refractivity contribution in [3.8, 4) is 0 Å². The van der Waals surface area contributed by atoms with Gasteiger partial charge in [-0.25, -0.2) is 0 Å². The lowest BCUT2D eigenvalue weighted by atomic mass is 10.1. The van der Waals surface area contributed by atoms with Gasteiger partial charge in [0.05, 0.1) is 11.2 Å². The van der Waals surface area contributed by atoms with Crippen LogP contribution >= 0.6 is 0 Å². The molecule has 5 heteroatoms. The van der Waals surface area contributed by atoms with Gasteiger partial charge in [-0.15, -0.1) is 0 Å². The van der Waals surface area contributed by atoms with Crippen molar-refractivity contribution >= 4 is 22.5 Å². The molecule has 3 aromatic rings. The minimum Gasteiger partial charge on any atom is -0.397 e. The number of para-hydroxylation sites is 1. The number of pyridine rings is 1. The van der Waals surface area contributed by atoms with Crippen LogP contribution in [0.2, 0.25) is 0 Å². The van der Waals surface area contributed by atoms with E-state index in [1.54, 1.807) is 24.5 Å². The molecule has 21 heavy (non-hydrogen) atoms. The number of nitrogens with one attached hydrogen (secondary N) is 2. The second-order valence-electron chi connectivity index (χ2n) is 4.98. The van der Waals surface area contributed by atoms with Crippen molar-refractivity contribution in [3.05, 3.63) is 59.5 Å². The van der Waals surface area contributed by atoms with E-state index in [0.717, 1.165) is 22.0 Å². The summed E-state index contributed by atoms with van der Waals surface area (Å²) in [5, 5.41) is 3.81. The van der Waals surface area contributed by atoms with Gasteiger partial charge in [0.2, 0.25) is 0 Å². The van der Waals surface area contributed by atoms with E-state index in [9.17, 15) is 4.79 Å². The smallest absolute Gasteiger partial charge is 0.267 e. The van der Waals surface area contributed by atoms with Gasteiger partial charge in [0.1, 0.15) is 5.69 Å². The van der Waals surface area contributed by atoms with Crippen molar-refractivity contribution in [2.24, 2.45) is 0 Å². The zero-order chi connectivity index (χ0) is 14.8. The molecule has 0 bridgehead atoms. The Balaban J connectivity index is 1.78. The standard InChI is InChI=1S/C16H16N4O/c1-10-5-6-18-8-12(10)9-19-16(21)14-7-11-3-2-4-13(17)15(11)20-14/h2-8,20H,9,17H2,1H3,(H,19,21). The molecule has 0 unspecified atom stereocenters. The Morgan fingerprint density at radius 2 is 2.24 bits per heavy atom. The SMILES string of the molecule is Cc1ccncc1CNC(=O)c1cc2cccc(N)c2[nH]1. The number of fused-ring (bicyclic) bond motifs is 1. The molecule has 0 saturated carbocycles. The second kappa shape index (κ2) is 5.28. The van der Waals surface area contributed by atoms with E-state index in [2.05, 4.69) is 15.3 Å². The van der Waals surface area contributed by atoms with E-state index in [0.29, 0.717) is 17.9 Å². The van der Waals surface area contributed by atoms with E-state index < -0.39 is 0 Å². The Kier molecular flexibility index (Phi) is 3.31. The Morgan fingerprint density at radius 3 is 3.00 bits per heavy atom. The zero-order valence-electron chi connectivity index (χ0n) is 11.7. The highest BCUT2D eigenvalue weighted by Crippen LogP contribution is 2.21. The molecule has 0 radical (unpaired) electrons. The van der Waals surface area contributed by atoms with Crippen molar-refractivity contribution in [3.63, 3.8) is 0 Å². The lowest BCUT2D eigenvalue weighted by Crippen LogP contribution is -2.23. The molecule has 0 saturated heterocycles. The topological polar surface area (TPSA) is 83.8 Å². The molecule has 0 spiro atoms. The summed E-state index contributed by atoms with van der Waals surface area (Å²) in [6, 6.07) is 9.32. The fourth-order valence-corrected chi connectivity index (χ4v) is 2.25. The minimum absolute atomic E-state index is 0.158. The number of anilines is 1. The van der Waals surface area contributed by atoms with E-state index in [1.165, 1.54) is 0 Å². The molecule has 2 aromatic heterocycles. The number of H-pyrrole nitrogens is 1. The van der Waals surface area contributed by atoms with Gasteiger partial charge in [0, 0.05) is 24.3 Å². The number of carbonyl (C=O) groups is 1. The number of aryl methyl sites for hydroxylation is 1. The van der Waals surface area contributed by atoms with E-state index in [4.69, 9.17) is 5.73 Å². The third kappa shape index (κ3) is 2.58.